The summed E-state index contributed by atoms with van der Waals surface area (Å²) in [7, 11) is 0. The SMILES string of the molecule is CC(=O)N(c1nc(COC(=O)c2cc3cc(Cl)ccc3nc2C)cs1)c1c(C)cc(C)cc1C. The van der Waals surface area contributed by atoms with Crippen LogP contribution in [0, 0.1) is 27.7 Å². The lowest BCUT2D eigenvalue weighted by atomic mass is 10.0. The zero-order valence-corrected chi connectivity index (χ0v) is 21.2. The van der Waals surface area contributed by atoms with Crippen LogP contribution in [0.2, 0.25) is 5.02 Å². The molecule has 0 saturated carbocycles. The minimum Gasteiger partial charge on any atom is -0.455 e. The molecule has 0 aliphatic carbocycles. The predicted octanol–water partition coefficient (Wildman–Crippen LogP) is 6.62. The molecular weight excluding hydrogens is 470 g/mol. The third kappa shape index (κ3) is 4.81. The number of nitrogens with zero attached hydrogens (tertiary/aromatic N) is 3. The van der Waals surface area contributed by atoms with Crippen molar-refractivity contribution in [3.05, 3.63) is 80.4 Å². The van der Waals surface area contributed by atoms with Crippen LogP contribution >= 0.6 is 22.9 Å². The van der Waals surface area contributed by atoms with Gasteiger partial charge in [0.2, 0.25) is 5.91 Å². The molecule has 174 valence electrons. The standard InChI is InChI=1S/C26H24ClN3O3S/c1-14-8-15(2)24(16(3)9-14)30(18(5)31)26-29-21(13-34-26)12-33-25(32)22-11-19-10-20(27)6-7-23(19)28-17(22)4/h6-11,13H,12H2,1-5H3. The first-order valence-electron chi connectivity index (χ1n) is 10.7. The molecule has 0 radical (unpaired) electrons. The highest BCUT2D eigenvalue weighted by Crippen LogP contribution is 2.34. The van der Waals surface area contributed by atoms with Gasteiger partial charge in [-0.1, -0.05) is 29.3 Å². The largest absolute Gasteiger partial charge is 0.455 e. The van der Waals surface area contributed by atoms with E-state index >= 15 is 0 Å². The van der Waals surface area contributed by atoms with E-state index in [1.165, 1.54) is 18.3 Å². The number of amides is 1. The van der Waals surface area contributed by atoms with Crippen LogP contribution in [0.4, 0.5) is 10.8 Å². The molecule has 0 N–H and O–H groups in total. The third-order valence-corrected chi connectivity index (χ3v) is 6.55. The molecular formula is C26H24ClN3O3S. The molecule has 0 atom stereocenters. The minimum absolute atomic E-state index is 0.0139. The highest BCUT2D eigenvalue weighted by atomic mass is 35.5. The van der Waals surface area contributed by atoms with Crippen molar-refractivity contribution >= 4 is 56.5 Å². The molecule has 0 unspecified atom stereocenters. The van der Waals surface area contributed by atoms with Gasteiger partial charge < -0.3 is 4.74 Å². The maximum absolute atomic E-state index is 12.8. The Morgan fingerprint density at radius 1 is 1.03 bits per heavy atom. The van der Waals surface area contributed by atoms with Crippen LogP contribution < -0.4 is 4.90 Å². The average molecular weight is 494 g/mol. The maximum Gasteiger partial charge on any atom is 0.340 e. The Hall–Kier alpha value is -3.29. The fourth-order valence-corrected chi connectivity index (χ4v) is 5.08. The van der Waals surface area contributed by atoms with E-state index in [0.29, 0.717) is 27.1 Å². The first-order chi connectivity index (χ1) is 16.1. The van der Waals surface area contributed by atoms with E-state index < -0.39 is 5.97 Å². The second kappa shape index (κ2) is 9.52. The van der Waals surface area contributed by atoms with Gasteiger partial charge in [0, 0.05) is 22.7 Å². The molecule has 8 heteroatoms. The molecule has 0 fully saturated rings. The van der Waals surface area contributed by atoms with Gasteiger partial charge in [0.25, 0.3) is 0 Å². The summed E-state index contributed by atoms with van der Waals surface area (Å²) in [5.41, 5.74) is 6.23. The summed E-state index contributed by atoms with van der Waals surface area (Å²) in [4.78, 5) is 36.0. The molecule has 34 heavy (non-hydrogen) atoms. The van der Waals surface area contributed by atoms with Crippen molar-refractivity contribution in [1.29, 1.82) is 0 Å². The summed E-state index contributed by atoms with van der Waals surface area (Å²) in [5, 5.41) is 3.66. The van der Waals surface area contributed by atoms with Crippen LogP contribution in [-0.4, -0.2) is 21.8 Å². The number of rotatable bonds is 5. The minimum atomic E-state index is -0.491. The van der Waals surface area contributed by atoms with Crippen molar-refractivity contribution in [1.82, 2.24) is 9.97 Å². The number of carbonyl (C=O) groups excluding carboxylic acids is 2. The summed E-state index contributed by atoms with van der Waals surface area (Å²) < 4.78 is 5.53. The van der Waals surface area contributed by atoms with Gasteiger partial charge in [-0.3, -0.25) is 14.7 Å². The molecule has 4 rings (SSSR count). The number of aryl methyl sites for hydroxylation is 4. The summed E-state index contributed by atoms with van der Waals surface area (Å²) >= 11 is 7.41. The number of thiazole rings is 1. The number of aromatic nitrogens is 2. The predicted molar refractivity (Wildman–Crippen MR) is 136 cm³/mol. The zero-order valence-electron chi connectivity index (χ0n) is 19.6. The van der Waals surface area contributed by atoms with Gasteiger partial charge in [-0.25, -0.2) is 9.78 Å². The topological polar surface area (TPSA) is 72.4 Å². The van der Waals surface area contributed by atoms with Gasteiger partial charge in [-0.05, 0) is 63.1 Å². The first-order valence-corrected chi connectivity index (χ1v) is 12.0. The molecule has 0 spiro atoms. The lowest BCUT2D eigenvalue weighted by Gasteiger charge is -2.23. The van der Waals surface area contributed by atoms with Gasteiger partial charge >= 0.3 is 5.97 Å². The number of hydrogen-bond donors (Lipinski definition) is 0. The van der Waals surface area contributed by atoms with E-state index in [-0.39, 0.29) is 12.5 Å². The number of pyridine rings is 1. The monoisotopic (exact) mass is 493 g/mol. The Morgan fingerprint density at radius 3 is 2.41 bits per heavy atom. The Kier molecular flexibility index (Phi) is 6.68. The fraction of sp³-hybridized carbons (Fsp3) is 0.231. The molecule has 2 aromatic heterocycles. The number of hydrogen-bond acceptors (Lipinski definition) is 6. The normalized spacial score (nSPS) is 11.0. The number of ether oxygens (including phenoxy) is 1. The third-order valence-electron chi connectivity index (χ3n) is 5.44. The van der Waals surface area contributed by atoms with Crippen molar-refractivity contribution in [3.63, 3.8) is 0 Å². The van der Waals surface area contributed by atoms with Gasteiger partial charge in [-0.15, -0.1) is 11.3 Å². The van der Waals surface area contributed by atoms with Crippen LogP contribution in [0.15, 0.2) is 41.8 Å². The van der Waals surface area contributed by atoms with Crippen LogP contribution in [0.25, 0.3) is 10.9 Å². The smallest absolute Gasteiger partial charge is 0.340 e. The Labute approximate surface area is 207 Å². The van der Waals surface area contributed by atoms with Crippen LogP contribution in [-0.2, 0) is 16.1 Å². The van der Waals surface area contributed by atoms with Crippen molar-refractivity contribution in [2.24, 2.45) is 0 Å². The van der Waals surface area contributed by atoms with E-state index in [1.807, 2.05) is 39.0 Å². The Bertz CT molecular complexity index is 1410. The van der Waals surface area contributed by atoms with Crippen molar-refractivity contribution in [3.8, 4) is 0 Å². The molecule has 2 aromatic carbocycles. The van der Waals surface area contributed by atoms with E-state index in [0.717, 1.165) is 33.3 Å². The van der Waals surface area contributed by atoms with E-state index in [2.05, 4.69) is 9.97 Å². The number of benzene rings is 2. The number of esters is 1. The molecule has 4 aromatic rings. The second-order valence-corrected chi connectivity index (χ2v) is 9.53. The lowest BCUT2D eigenvalue weighted by Crippen LogP contribution is -2.24. The number of anilines is 2. The van der Waals surface area contributed by atoms with Gasteiger partial charge in [-0.2, -0.15) is 0 Å². The van der Waals surface area contributed by atoms with Crippen LogP contribution in [0.1, 0.15) is 45.4 Å². The molecule has 0 saturated heterocycles. The zero-order chi connectivity index (χ0) is 24.6. The van der Waals surface area contributed by atoms with Crippen molar-refractivity contribution in [2.75, 3.05) is 4.90 Å². The fourth-order valence-electron chi connectivity index (χ4n) is 4.05. The van der Waals surface area contributed by atoms with Crippen LogP contribution in [0.3, 0.4) is 0 Å². The Balaban J connectivity index is 1.55. The molecule has 0 bridgehead atoms. The van der Waals surface area contributed by atoms with E-state index in [4.69, 9.17) is 16.3 Å². The van der Waals surface area contributed by atoms with E-state index in [9.17, 15) is 9.59 Å². The molecule has 2 heterocycles. The molecule has 6 nitrogen and oxygen atoms in total. The van der Waals surface area contributed by atoms with Gasteiger partial charge in [0.15, 0.2) is 5.13 Å². The van der Waals surface area contributed by atoms with E-state index in [1.54, 1.807) is 35.4 Å². The molecule has 0 aliphatic rings. The number of fused-ring (bicyclic) bond motifs is 1. The van der Waals surface area contributed by atoms with Gasteiger partial charge in [0.05, 0.1) is 28.2 Å². The molecule has 1 amide bonds. The average Bonchev–Trinajstić information content (AvgIpc) is 3.22. The van der Waals surface area contributed by atoms with Crippen molar-refractivity contribution < 1.29 is 14.3 Å². The highest BCUT2D eigenvalue weighted by Gasteiger charge is 2.22. The van der Waals surface area contributed by atoms with Crippen LogP contribution in [0.5, 0.6) is 0 Å². The number of carbonyl (C=O) groups is 2. The number of halogens is 1. The second-order valence-electron chi connectivity index (χ2n) is 8.26. The maximum atomic E-state index is 12.8. The Morgan fingerprint density at radius 2 is 1.74 bits per heavy atom. The summed E-state index contributed by atoms with van der Waals surface area (Å²) in [6, 6.07) is 11.2. The summed E-state index contributed by atoms with van der Waals surface area (Å²) in [6.45, 7) is 9.26. The summed E-state index contributed by atoms with van der Waals surface area (Å²) in [6.07, 6.45) is 0. The molecule has 0 aliphatic heterocycles. The summed E-state index contributed by atoms with van der Waals surface area (Å²) in [5.74, 6) is -0.625. The lowest BCUT2D eigenvalue weighted by molar-refractivity contribution is -0.115. The van der Waals surface area contributed by atoms with Crippen molar-refractivity contribution in [2.45, 2.75) is 41.2 Å². The quantitative estimate of drug-likeness (QED) is 0.292. The van der Waals surface area contributed by atoms with Gasteiger partial charge in [0.1, 0.15) is 6.61 Å². The highest BCUT2D eigenvalue weighted by molar-refractivity contribution is 7.14. The first kappa shape index (κ1) is 23.9.